The van der Waals surface area contributed by atoms with E-state index in [1.165, 1.54) is 0 Å². The molecule has 0 aromatic carbocycles. The highest BCUT2D eigenvalue weighted by Gasteiger charge is 2.36. The number of piperazine rings is 3. The minimum atomic E-state index is -0.305. The number of aliphatic hydroxyl groups excluding tert-OH is 1. The van der Waals surface area contributed by atoms with Gasteiger partial charge in [0, 0.05) is 39.3 Å². The van der Waals surface area contributed by atoms with Gasteiger partial charge in [-0.2, -0.15) is 4.98 Å². The summed E-state index contributed by atoms with van der Waals surface area (Å²) in [6, 6.07) is 0.277. The second kappa shape index (κ2) is 4.52. The Balaban J connectivity index is 1.52. The molecule has 4 aliphatic rings. The Morgan fingerprint density at radius 3 is 2.74 bits per heavy atom. The van der Waals surface area contributed by atoms with Gasteiger partial charge in [-0.05, 0) is 6.42 Å². The second-order valence-electron chi connectivity index (χ2n) is 5.69. The van der Waals surface area contributed by atoms with Crippen LogP contribution >= 0.6 is 0 Å². The standard InChI is InChI=1S/C12H19N5O2/c18-8-5-9(13-6-8)12-14-11(15-19-12)10-7-16-1-3-17(10)4-2-16/h8-10,13,18H,1-7H2/t8-,9-,10?/m0/s1. The molecule has 1 aromatic rings. The number of β-amino-alcohol motifs (C(OH)–C–C–N with tert-alkyl or cyclic N) is 1. The molecule has 2 N–H and O–H groups in total. The summed E-state index contributed by atoms with van der Waals surface area (Å²) in [7, 11) is 0. The minimum absolute atomic E-state index is 0.00679. The Bertz CT molecular complexity index is 457. The quantitative estimate of drug-likeness (QED) is 0.720. The molecular formula is C12H19N5O2. The molecule has 0 radical (unpaired) electrons. The van der Waals surface area contributed by atoms with Crippen molar-refractivity contribution in [3.8, 4) is 0 Å². The van der Waals surface area contributed by atoms with E-state index in [2.05, 4.69) is 25.3 Å². The number of aliphatic hydroxyl groups is 1. The van der Waals surface area contributed by atoms with Crippen molar-refractivity contribution < 1.29 is 9.63 Å². The Labute approximate surface area is 111 Å². The van der Waals surface area contributed by atoms with E-state index < -0.39 is 0 Å². The lowest BCUT2D eigenvalue weighted by Crippen LogP contribution is -2.57. The van der Waals surface area contributed by atoms with Gasteiger partial charge >= 0.3 is 0 Å². The van der Waals surface area contributed by atoms with Crippen molar-refractivity contribution in [2.45, 2.75) is 24.6 Å². The summed E-state index contributed by atoms with van der Waals surface area (Å²) in [6.07, 6.45) is 0.350. The molecule has 7 nitrogen and oxygen atoms in total. The Morgan fingerprint density at radius 1 is 1.26 bits per heavy atom. The summed E-state index contributed by atoms with van der Waals surface area (Å²) >= 11 is 0. The van der Waals surface area contributed by atoms with E-state index in [0.29, 0.717) is 18.9 Å². The number of hydrogen-bond acceptors (Lipinski definition) is 7. The van der Waals surface area contributed by atoms with Crippen LogP contribution in [0.1, 0.15) is 30.2 Å². The molecule has 1 aromatic heterocycles. The first-order valence-corrected chi connectivity index (χ1v) is 7.01. The molecule has 5 heterocycles. The fraction of sp³-hybridized carbons (Fsp3) is 0.833. The number of rotatable bonds is 2. The van der Waals surface area contributed by atoms with Crippen LogP contribution in [0.4, 0.5) is 0 Å². The zero-order chi connectivity index (χ0) is 12.8. The van der Waals surface area contributed by atoms with E-state index in [4.69, 9.17) is 4.52 Å². The molecular weight excluding hydrogens is 246 g/mol. The topological polar surface area (TPSA) is 77.7 Å². The first-order valence-electron chi connectivity index (χ1n) is 7.01. The van der Waals surface area contributed by atoms with Crippen molar-refractivity contribution in [2.24, 2.45) is 0 Å². The molecule has 0 amide bonds. The lowest BCUT2D eigenvalue weighted by Gasteiger charge is -2.46. The van der Waals surface area contributed by atoms with Crippen molar-refractivity contribution in [2.75, 3.05) is 39.3 Å². The van der Waals surface area contributed by atoms with Crippen LogP contribution in [0.15, 0.2) is 4.52 Å². The molecule has 3 atom stereocenters. The molecule has 1 unspecified atom stereocenters. The molecule has 19 heavy (non-hydrogen) atoms. The molecule has 0 spiro atoms. The van der Waals surface area contributed by atoms with Gasteiger partial charge in [-0.1, -0.05) is 5.16 Å². The van der Waals surface area contributed by atoms with Gasteiger partial charge in [-0.15, -0.1) is 0 Å². The van der Waals surface area contributed by atoms with Gasteiger partial charge in [0.1, 0.15) is 0 Å². The number of fused-ring (bicyclic) bond motifs is 3. The van der Waals surface area contributed by atoms with Crippen molar-refractivity contribution in [3.05, 3.63) is 11.7 Å². The summed E-state index contributed by atoms with van der Waals surface area (Å²) in [5.41, 5.74) is 0. The van der Waals surface area contributed by atoms with E-state index in [1.54, 1.807) is 0 Å². The molecule has 2 bridgehead atoms. The van der Waals surface area contributed by atoms with Gasteiger partial charge in [0.05, 0.1) is 18.2 Å². The van der Waals surface area contributed by atoms with Gasteiger partial charge < -0.3 is 14.9 Å². The molecule has 7 heteroatoms. The predicted molar refractivity (Wildman–Crippen MR) is 66.4 cm³/mol. The highest BCUT2D eigenvalue weighted by atomic mass is 16.5. The van der Waals surface area contributed by atoms with Crippen LogP contribution in [-0.4, -0.2) is 70.4 Å². The maximum atomic E-state index is 9.54. The Hall–Kier alpha value is -1.02. The summed E-state index contributed by atoms with van der Waals surface area (Å²) in [4.78, 5) is 9.44. The zero-order valence-corrected chi connectivity index (χ0v) is 10.8. The van der Waals surface area contributed by atoms with Gasteiger partial charge in [0.25, 0.3) is 0 Å². The second-order valence-corrected chi connectivity index (χ2v) is 5.69. The predicted octanol–water partition coefficient (Wildman–Crippen LogP) is -0.863. The van der Waals surface area contributed by atoms with E-state index in [1.807, 2.05) is 0 Å². The number of hydrogen-bond donors (Lipinski definition) is 2. The van der Waals surface area contributed by atoms with Crippen molar-refractivity contribution in [1.29, 1.82) is 0 Å². The monoisotopic (exact) mass is 265 g/mol. The SMILES string of the molecule is O[C@@H]1CN[C@H](c2nc(C3CN4CCN3CC4)no2)C1. The van der Waals surface area contributed by atoms with Crippen LogP contribution in [0, 0.1) is 0 Å². The van der Waals surface area contributed by atoms with Gasteiger partial charge in [0.2, 0.25) is 5.89 Å². The van der Waals surface area contributed by atoms with Crippen LogP contribution in [0.3, 0.4) is 0 Å². The van der Waals surface area contributed by atoms with E-state index in [0.717, 1.165) is 38.5 Å². The molecule has 0 saturated carbocycles. The molecule has 4 aliphatic heterocycles. The third-order valence-corrected chi connectivity index (χ3v) is 4.44. The largest absolute Gasteiger partial charge is 0.392 e. The average molecular weight is 265 g/mol. The van der Waals surface area contributed by atoms with Gasteiger partial charge in [-0.3, -0.25) is 9.80 Å². The van der Waals surface area contributed by atoms with Crippen molar-refractivity contribution in [3.63, 3.8) is 0 Å². The van der Waals surface area contributed by atoms with Gasteiger partial charge in [0.15, 0.2) is 5.82 Å². The molecule has 104 valence electrons. The maximum absolute atomic E-state index is 9.54. The maximum Gasteiger partial charge on any atom is 0.243 e. The summed E-state index contributed by atoms with van der Waals surface area (Å²) in [6.45, 7) is 6.09. The van der Waals surface area contributed by atoms with Crippen LogP contribution in [0.5, 0.6) is 0 Å². The van der Waals surface area contributed by atoms with E-state index >= 15 is 0 Å². The number of aromatic nitrogens is 2. The molecule has 4 fully saturated rings. The first kappa shape index (κ1) is 11.8. The number of nitrogens with one attached hydrogen (secondary N) is 1. The smallest absolute Gasteiger partial charge is 0.243 e. The lowest BCUT2D eigenvalue weighted by atomic mass is 10.1. The fourth-order valence-electron chi connectivity index (χ4n) is 3.29. The highest BCUT2D eigenvalue weighted by molar-refractivity contribution is 5.04. The first-order chi connectivity index (χ1) is 9.29. The number of nitrogens with zero attached hydrogens (tertiary/aromatic N) is 4. The van der Waals surface area contributed by atoms with Crippen LogP contribution in [0.25, 0.3) is 0 Å². The third-order valence-electron chi connectivity index (χ3n) is 4.44. The van der Waals surface area contributed by atoms with Crippen LogP contribution in [0.2, 0.25) is 0 Å². The fourth-order valence-corrected chi connectivity index (χ4v) is 3.29. The minimum Gasteiger partial charge on any atom is -0.392 e. The lowest BCUT2D eigenvalue weighted by molar-refractivity contribution is 0.00781. The summed E-state index contributed by atoms with van der Waals surface area (Å²) < 4.78 is 5.38. The summed E-state index contributed by atoms with van der Waals surface area (Å²) in [5.74, 6) is 1.41. The van der Waals surface area contributed by atoms with Crippen LogP contribution in [-0.2, 0) is 0 Å². The average Bonchev–Trinajstić information content (AvgIpc) is 3.08. The van der Waals surface area contributed by atoms with Crippen molar-refractivity contribution >= 4 is 0 Å². The zero-order valence-electron chi connectivity index (χ0n) is 10.8. The highest BCUT2D eigenvalue weighted by Crippen LogP contribution is 2.29. The van der Waals surface area contributed by atoms with E-state index in [9.17, 15) is 5.11 Å². The van der Waals surface area contributed by atoms with Crippen LogP contribution < -0.4 is 5.32 Å². The van der Waals surface area contributed by atoms with E-state index in [-0.39, 0.29) is 18.2 Å². The summed E-state index contributed by atoms with van der Waals surface area (Å²) in [5, 5.41) is 16.9. The Morgan fingerprint density at radius 2 is 2.11 bits per heavy atom. The van der Waals surface area contributed by atoms with Gasteiger partial charge in [-0.25, -0.2) is 0 Å². The third kappa shape index (κ3) is 2.06. The normalized spacial score (nSPS) is 41.8. The molecule has 5 rings (SSSR count). The molecule has 0 aliphatic carbocycles. The van der Waals surface area contributed by atoms with Crippen molar-refractivity contribution in [1.82, 2.24) is 25.3 Å². The Kier molecular flexibility index (Phi) is 2.80. The molecule has 4 saturated heterocycles.